The summed E-state index contributed by atoms with van der Waals surface area (Å²) in [5.74, 6) is 0. The lowest BCUT2D eigenvalue weighted by molar-refractivity contribution is 0.00578. The highest BCUT2D eigenvalue weighted by atomic mass is 79.9. The summed E-state index contributed by atoms with van der Waals surface area (Å²) in [7, 11) is -1.04. The van der Waals surface area contributed by atoms with Crippen LogP contribution in [-0.2, 0) is 9.31 Å². The van der Waals surface area contributed by atoms with Gasteiger partial charge < -0.3 is 9.31 Å². The quantitative estimate of drug-likeness (QED) is 0.712. The normalized spacial score (nSPS) is 19.5. The minimum Gasteiger partial charge on any atom is -0.398 e. The Balaban J connectivity index is 1.82. The van der Waals surface area contributed by atoms with Crippen molar-refractivity contribution in [2.45, 2.75) is 45.8 Å². The molecule has 0 saturated carbocycles. The number of nitrogens with zero attached hydrogens (tertiary/aromatic N) is 3. The Kier molecular flexibility index (Phi) is 4.64. The summed E-state index contributed by atoms with van der Waals surface area (Å²) in [6, 6.07) is 5.88. The highest BCUT2D eigenvalue weighted by Crippen LogP contribution is 2.39. The van der Waals surface area contributed by atoms with E-state index in [1.807, 2.05) is 52.8 Å². The highest BCUT2D eigenvalue weighted by Gasteiger charge is 2.53. The Morgan fingerprint density at radius 3 is 2.48 bits per heavy atom. The van der Waals surface area contributed by atoms with Crippen LogP contribution in [0, 0.1) is 6.92 Å². The molecule has 1 aliphatic heterocycles. The standard InChI is InChI=1S/C17H20BBrFN3O2/c1-11-6-7-14(13(19)8-11)23-10-12(21-22-23)9-15(20)18-24-16(2,3)17(4,5)25-18/h6-10H,1-5H3. The molecule has 3 rings (SSSR count). The monoisotopic (exact) mass is 407 g/mol. The van der Waals surface area contributed by atoms with Crippen LogP contribution in [0.5, 0.6) is 0 Å². The predicted octanol–water partition coefficient (Wildman–Crippen LogP) is 4.28. The molecule has 0 spiro atoms. The molecule has 2 aromatic rings. The summed E-state index contributed by atoms with van der Waals surface area (Å²) in [5.41, 5.74) is 0.630. The van der Waals surface area contributed by atoms with Gasteiger partial charge in [-0.15, -0.1) is 5.10 Å². The first-order valence-electron chi connectivity index (χ1n) is 8.01. The molecule has 132 valence electrons. The van der Waals surface area contributed by atoms with E-state index >= 15 is 0 Å². The third kappa shape index (κ3) is 3.56. The van der Waals surface area contributed by atoms with E-state index in [1.165, 1.54) is 6.08 Å². The van der Waals surface area contributed by atoms with Crippen LogP contribution in [0.2, 0.25) is 0 Å². The zero-order valence-corrected chi connectivity index (χ0v) is 16.5. The van der Waals surface area contributed by atoms with Crippen LogP contribution in [-0.4, -0.2) is 33.3 Å². The molecule has 1 saturated heterocycles. The van der Waals surface area contributed by atoms with Crippen molar-refractivity contribution in [3.8, 4) is 5.69 Å². The second-order valence-electron chi connectivity index (χ2n) is 7.16. The third-order valence-electron chi connectivity index (χ3n) is 4.63. The number of aryl methyl sites for hydroxylation is 1. The largest absolute Gasteiger partial charge is 0.525 e. The van der Waals surface area contributed by atoms with Gasteiger partial charge in [-0.3, -0.25) is 0 Å². The maximum Gasteiger partial charge on any atom is 0.525 e. The van der Waals surface area contributed by atoms with Crippen LogP contribution in [0.1, 0.15) is 39.0 Å². The van der Waals surface area contributed by atoms with E-state index < -0.39 is 24.0 Å². The molecule has 1 fully saturated rings. The molecule has 1 aromatic carbocycles. The molecule has 2 heterocycles. The lowest BCUT2D eigenvalue weighted by Gasteiger charge is -2.32. The zero-order valence-electron chi connectivity index (χ0n) is 14.9. The van der Waals surface area contributed by atoms with Crippen molar-refractivity contribution in [1.82, 2.24) is 15.0 Å². The van der Waals surface area contributed by atoms with Crippen molar-refractivity contribution in [1.29, 1.82) is 0 Å². The fourth-order valence-electron chi connectivity index (χ4n) is 2.42. The number of rotatable bonds is 3. The number of benzene rings is 1. The Labute approximate surface area is 155 Å². The van der Waals surface area contributed by atoms with Crippen molar-refractivity contribution < 1.29 is 13.7 Å². The molecule has 0 aliphatic carbocycles. The number of aromatic nitrogens is 3. The molecule has 0 N–H and O–H groups in total. The van der Waals surface area contributed by atoms with Gasteiger partial charge in [0.1, 0.15) is 11.4 Å². The van der Waals surface area contributed by atoms with Gasteiger partial charge in [0.15, 0.2) is 0 Å². The van der Waals surface area contributed by atoms with Crippen LogP contribution >= 0.6 is 15.9 Å². The summed E-state index contributed by atoms with van der Waals surface area (Å²) in [6.45, 7) is 9.53. The van der Waals surface area contributed by atoms with E-state index in [4.69, 9.17) is 9.31 Å². The first-order valence-corrected chi connectivity index (χ1v) is 8.80. The number of halogens is 2. The van der Waals surface area contributed by atoms with Gasteiger partial charge in [-0.25, -0.2) is 9.07 Å². The van der Waals surface area contributed by atoms with E-state index in [0.717, 1.165) is 15.7 Å². The van der Waals surface area contributed by atoms with Crippen LogP contribution in [0.15, 0.2) is 34.6 Å². The second kappa shape index (κ2) is 6.34. The van der Waals surface area contributed by atoms with E-state index in [1.54, 1.807) is 10.9 Å². The van der Waals surface area contributed by atoms with Crippen LogP contribution < -0.4 is 0 Å². The van der Waals surface area contributed by atoms with Crippen molar-refractivity contribution in [3.05, 3.63) is 45.9 Å². The van der Waals surface area contributed by atoms with E-state index in [-0.39, 0.29) is 0 Å². The molecule has 0 bridgehead atoms. The molecule has 8 heteroatoms. The smallest absolute Gasteiger partial charge is 0.398 e. The average Bonchev–Trinajstić information content (AvgIpc) is 3.01. The Hall–Kier alpha value is -1.51. The molecule has 0 amide bonds. The van der Waals surface area contributed by atoms with E-state index in [0.29, 0.717) is 5.69 Å². The van der Waals surface area contributed by atoms with Crippen molar-refractivity contribution in [3.63, 3.8) is 0 Å². The first-order chi connectivity index (χ1) is 11.6. The van der Waals surface area contributed by atoms with Gasteiger partial charge in [0.05, 0.1) is 23.1 Å². The highest BCUT2D eigenvalue weighted by molar-refractivity contribution is 9.10. The van der Waals surface area contributed by atoms with E-state index in [2.05, 4.69) is 26.2 Å². The van der Waals surface area contributed by atoms with Gasteiger partial charge in [0, 0.05) is 4.47 Å². The lowest BCUT2D eigenvalue weighted by Crippen LogP contribution is -2.41. The van der Waals surface area contributed by atoms with Gasteiger partial charge in [-0.05, 0) is 74.3 Å². The predicted molar refractivity (Wildman–Crippen MR) is 99.0 cm³/mol. The molecule has 5 nitrogen and oxygen atoms in total. The summed E-state index contributed by atoms with van der Waals surface area (Å²) in [4.78, 5) is 0. The average molecular weight is 408 g/mol. The fraction of sp³-hybridized carbons (Fsp3) is 0.412. The van der Waals surface area contributed by atoms with Crippen molar-refractivity contribution in [2.24, 2.45) is 0 Å². The van der Waals surface area contributed by atoms with E-state index in [9.17, 15) is 4.39 Å². The van der Waals surface area contributed by atoms with Crippen molar-refractivity contribution >= 4 is 29.1 Å². The van der Waals surface area contributed by atoms with Gasteiger partial charge in [-0.1, -0.05) is 11.3 Å². The molecule has 0 unspecified atom stereocenters. The molecule has 1 aromatic heterocycles. The SMILES string of the molecule is Cc1ccc(-n2cc(C=C(F)B3OC(C)(C)C(C)(C)O3)nn2)c(Br)c1. The van der Waals surface area contributed by atoms with Gasteiger partial charge in [0.2, 0.25) is 0 Å². The lowest BCUT2D eigenvalue weighted by atomic mass is 9.87. The maximum absolute atomic E-state index is 14.5. The zero-order chi connectivity index (χ0) is 18.4. The van der Waals surface area contributed by atoms with Gasteiger partial charge in [0.25, 0.3) is 0 Å². The third-order valence-corrected chi connectivity index (χ3v) is 5.26. The van der Waals surface area contributed by atoms with Gasteiger partial charge in [-0.2, -0.15) is 0 Å². The molecular formula is C17H20BBrFN3O2. The Bertz CT molecular complexity index is 819. The summed E-state index contributed by atoms with van der Waals surface area (Å²) >= 11 is 3.50. The molecule has 0 atom stereocenters. The summed E-state index contributed by atoms with van der Waals surface area (Å²) < 4.78 is 28.4. The fourth-order valence-corrected chi connectivity index (χ4v) is 3.10. The first kappa shape index (κ1) is 18.3. The maximum atomic E-state index is 14.5. The van der Waals surface area contributed by atoms with Crippen LogP contribution in [0.4, 0.5) is 4.39 Å². The van der Waals surface area contributed by atoms with Crippen molar-refractivity contribution in [2.75, 3.05) is 0 Å². The Morgan fingerprint density at radius 2 is 1.88 bits per heavy atom. The number of hydrogen-bond acceptors (Lipinski definition) is 4. The minimum absolute atomic E-state index is 0.389. The summed E-state index contributed by atoms with van der Waals surface area (Å²) in [6.07, 6.45) is 2.94. The topological polar surface area (TPSA) is 49.2 Å². The molecule has 25 heavy (non-hydrogen) atoms. The second-order valence-corrected chi connectivity index (χ2v) is 8.01. The van der Waals surface area contributed by atoms with Crippen LogP contribution in [0.3, 0.4) is 0 Å². The Morgan fingerprint density at radius 1 is 1.24 bits per heavy atom. The summed E-state index contributed by atoms with van der Waals surface area (Å²) in [5, 5.41) is 8.06. The van der Waals surface area contributed by atoms with Crippen LogP contribution in [0.25, 0.3) is 11.8 Å². The number of hydrogen-bond donors (Lipinski definition) is 0. The molecule has 1 aliphatic rings. The molecule has 0 radical (unpaired) electrons. The van der Waals surface area contributed by atoms with Gasteiger partial charge >= 0.3 is 7.12 Å². The minimum atomic E-state index is -1.04. The molecular weight excluding hydrogens is 388 g/mol.